The third kappa shape index (κ3) is 4.72. The van der Waals surface area contributed by atoms with Crippen molar-refractivity contribution in [2.75, 3.05) is 11.9 Å². The SMILES string of the molecule is O=C(COc1cccc(-n2cnnn2)c1)Nc1ccc(OC(F)F)cc1. The molecule has 134 valence electrons. The Hall–Kier alpha value is -3.56. The largest absolute Gasteiger partial charge is 0.484 e. The normalized spacial score (nSPS) is 10.6. The van der Waals surface area contributed by atoms with Crippen LogP contribution >= 0.6 is 0 Å². The molecule has 3 aromatic rings. The number of hydrogen-bond acceptors (Lipinski definition) is 6. The first-order valence-electron chi connectivity index (χ1n) is 7.41. The zero-order chi connectivity index (χ0) is 18.4. The number of carbonyl (C=O) groups excluding carboxylic acids is 1. The Labute approximate surface area is 146 Å². The van der Waals surface area contributed by atoms with Crippen LogP contribution in [-0.4, -0.2) is 39.3 Å². The number of ether oxygens (including phenoxy) is 2. The monoisotopic (exact) mass is 361 g/mol. The van der Waals surface area contributed by atoms with E-state index in [1.165, 1.54) is 35.3 Å². The molecule has 1 heterocycles. The number of hydrogen-bond donors (Lipinski definition) is 1. The van der Waals surface area contributed by atoms with Gasteiger partial charge in [0.1, 0.15) is 17.8 Å². The van der Waals surface area contributed by atoms with E-state index in [1.54, 1.807) is 24.3 Å². The molecule has 26 heavy (non-hydrogen) atoms. The summed E-state index contributed by atoms with van der Waals surface area (Å²) in [6, 6.07) is 12.5. The van der Waals surface area contributed by atoms with Crippen LogP contribution in [-0.2, 0) is 4.79 Å². The molecule has 0 bridgehead atoms. The molecule has 0 radical (unpaired) electrons. The molecular formula is C16H13F2N5O3. The first kappa shape index (κ1) is 17.3. The van der Waals surface area contributed by atoms with Gasteiger partial charge in [-0.1, -0.05) is 6.07 Å². The molecule has 0 spiro atoms. The number of nitrogens with zero attached hydrogens (tertiary/aromatic N) is 4. The van der Waals surface area contributed by atoms with Gasteiger partial charge in [0.05, 0.1) is 5.69 Å². The third-order valence-corrected chi connectivity index (χ3v) is 3.16. The molecule has 0 saturated carbocycles. The number of alkyl halides is 2. The Balaban J connectivity index is 1.53. The van der Waals surface area contributed by atoms with Crippen LogP contribution in [0.25, 0.3) is 5.69 Å². The predicted octanol–water partition coefficient (Wildman–Crippen LogP) is 2.28. The Morgan fingerprint density at radius 2 is 1.96 bits per heavy atom. The number of aromatic nitrogens is 4. The molecule has 1 amide bonds. The number of tetrazole rings is 1. The van der Waals surface area contributed by atoms with Gasteiger partial charge < -0.3 is 14.8 Å². The highest BCUT2D eigenvalue weighted by Gasteiger charge is 2.07. The molecule has 0 unspecified atom stereocenters. The molecule has 0 saturated heterocycles. The number of amides is 1. The van der Waals surface area contributed by atoms with E-state index in [-0.39, 0.29) is 12.4 Å². The molecule has 0 aliphatic carbocycles. The van der Waals surface area contributed by atoms with Crippen LogP contribution in [0.2, 0.25) is 0 Å². The maximum absolute atomic E-state index is 12.1. The van der Waals surface area contributed by atoms with Gasteiger partial charge in [0.15, 0.2) is 6.61 Å². The van der Waals surface area contributed by atoms with Gasteiger partial charge in [-0.3, -0.25) is 4.79 Å². The molecule has 0 aliphatic rings. The summed E-state index contributed by atoms with van der Waals surface area (Å²) in [5.41, 5.74) is 1.12. The maximum Gasteiger partial charge on any atom is 0.387 e. The lowest BCUT2D eigenvalue weighted by Gasteiger charge is -2.09. The van der Waals surface area contributed by atoms with E-state index in [0.29, 0.717) is 17.1 Å². The van der Waals surface area contributed by atoms with Gasteiger partial charge in [-0.05, 0) is 46.8 Å². The van der Waals surface area contributed by atoms with Crippen molar-refractivity contribution in [2.24, 2.45) is 0 Å². The second kappa shape index (κ2) is 8.01. The molecule has 1 aromatic heterocycles. The maximum atomic E-state index is 12.1. The summed E-state index contributed by atoms with van der Waals surface area (Å²) in [5, 5.41) is 13.5. The molecule has 8 nitrogen and oxygen atoms in total. The van der Waals surface area contributed by atoms with Crippen LogP contribution in [0.1, 0.15) is 0 Å². The van der Waals surface area contributed by atoms with E-state index in [1.807, 2.05) is 0 Å². The summed E-state index contributed by atoms with van der Waals surface area (Å²) >= 11 is 0. The summed E-state index contributed by atoms with van der Waals surface area (Å²) < 4.78 is 35.3. The molecular weight excluding hydrogens is 348 g/mol. The van der Waals surface area contributed by atoms with Crippen molar-refractivity contribution in [1.29, 1.82) is 0 Å². The number of anilines is 1. The van der Waals surface area contributed by atoms with Crippen LogP contribution in [0, 0.1) is 0 Å². The number of halogens is 2. The smallest absolute Gasteiger partial charge is 0.387 e. The first-order valence-corrected chi connectivity index (χ1v) is 7.41. The van der Waals surface area contributed by atoms with Crippen molar-refractivity contribution in [3.63, 3.8) is 0 Å². The van der Waals surface area contributed by atoms with E-state index in [0.717, 1.165) is 0 Å². The van der Waals surface area contributed by atoms with Crippen molar-refractivity contribution in [1.82, 2.24) is 20.2 Å². The van der Waals surface area contributed by atoms with Gasteiger partial charge in [-0.2, -0.15) is 8.78 Å². The lowest BCUT2D eigenvalue weighted by molar-refractivity contribution is -0.118. The topological polar surface area (TPSA) is 91.2 Å². The fourth-order valence-corrected chi connectivity index (χ4v) is 2.06. The lowest BCUT2D eigenvalue weighted by Crippen LogP contribution is -2.20. The van der Waals surface area contributed by atoms with Crippen molar-refractivity contribution in [3.05, 3.63) is 54.9 Å². The fraction of sp³-hybridized carbons (Fsp3) is 0.125. The van der Waals surface area contributed by atoms with Crippen LogP contribution in [0.3, 0.4) is 0 Å². The molecule has 0 atom stereocenters. The molecule has 0 aliphatic heterocycles. The summed E-state index contributed by atoms with van der Waals surface area (Å²) in [6.07, 6.45) is 1.44. The molecule has 2 aromatic carbocycles. The molecule has 3 rings (SSSR count). The second-order valence-corrected chi connectivity index (χ2v) is 4.99. The highest BCUT2D eigenvalue weighted by molar-refractivity contribution is 5.91. The summed E-state index contributed by atoms with van der Waals surface area (Å²) in [4.78, 5) is 11.9. The van der Waals surface area contributed by atoms with Crippen molar-refractivity contribution in [2.45, 2.75) is 6.61 Å². The molecule has 0 fully saturated rings. The van der Waals surface area contributed by atoms with Gasteiger partial charge in [-0.15, -0.1) is 5.10 Å². The minimum absolute atomic E-state index is 0.00802. The van der Waals surface area contributed by atoms with Gasteiger partial charge in [0.25, 0.3) is 5.91 Å². The van der Waals surface area contributed by atoms with Crippen molar-refractivity contribution >= 4 is 11.6 Å². The third-order valence-electron chi connectivity index (χ3n) is 3.16. The minimum Gasteiger partial charge on any atom is -0.484 e. The van der Waals surface area contributed by atoms with Gasteiger partial charge in [-0.25, -0.2) is 4.68 Å². The Morgan fingerprint density at radius 1 is 1.15 bits per heavy atom. The summed E-state index contributed by atoms with van der Waals surface area (Å²) in [5.74, 6) is 0.0721. The van der Waals surface area contributed by atoms with E-state index in [4.69, 9.17) is 4.74 Å². The Kier molecular flexibility index (Phi) is 5.32. The van der Waals surface area contributed by atoms with E-state index >= 15 is 0 Å². The van der Waals surface area contributed by atoms with Crippen molar-refractivity contribution < 1.29 is 23.0 Å². The van der Waals surface area contributed by atoms with E-state index in [9.17, 15) is 13.6 Å². The minimum atomic E-state index is -2.90. The summed E-state index contributed by atoms with van der Waals surface area (Å²) in [6.45, 7) is -3.12. The fourth-order valence-electron chi connectivity index (χ4n) is 2.06. The van der Waals surface area contributed by atoms with Gasteiger partial charge in [0.2, 0.25) is 0 Å². The zero-order valence-corrected chi connectivity index (χ0v) is 13.3. The zero-order valence-electron chi connectivity index (χ0n) is 13.3. The van der Waals surface area contributed by atoms with Gasteiger partial charge in [0, 0.05) is 11.8 Å². The standard InChI is InChI=1S/C16H13F2N5O3/c17-16(18)26-13-6-4-11(5-7-13)20-15(24)9-25-14-3-1-2-12(8-14)23-10-19-21-22-23/h1-8,10,16H,9H2,(H,20,24). The first-order chi connectivity index (χ1) is 12.6. The number of benzene rings is 2. The lowest BCUT2D eigenvalue weighted by atomic mass is 10.3. The Bertz CT molecular complexity index is 857. The molecule has 10 heteroatoms. The van der Waals surface area contributed by atoms with Crippen LogP contribution in [0.15, 0.2) is 54.9 Å². The summed E-state index contributed by atoms with van der Waals surface area (Å²) in [7, 11) is 0. The number of nitrogens with one attached hydrogen (secondary N) is 1. The highest BCUT2D eigenvalue weighted by atomic mass is 19.3. The number of rotatable bonds is 7. The molecule has 1 N–H and O–H groups in total. The van der Waals surface area contributed by atoms with Crippen LogP contribution in [0.5, 0.6) is 11.5 Å². The van der Waals surface area contributed by atoms with E-state index < -0.39 is 12.5 Å². The highest BCUT2D eigenvalue weighted by Crippen LogP contribution is 2.18. The number of carbonyl (C=O) groups is 1. The van der Waals surface area contributed by atoms with Crippen LogP contribution < -0.4 is 14.8 Å². The average Bonchev–Trinajstić information content (AvgIpc) is 3.16. The van der Waals surface area contributed by atoms with Crippen LogP contribution in [0.4, 0.5) is 14.5 Å². The van der Waals surface area contributed by atoms with Crippen molar-refractivity contribution in [3.8, 4) is 17.2 Å². The van der Waals surface area contributed by atoms with Gasteiger partial charge >= 0.3 is 6.61 Å². The van der Waals surface area contributed by atoms with E-state index in [2.05, 4.69) is 25.6 Å². The second-order valence-electron chi connectivity index (χ2n) is 4.99. The quantitative estimate of drug-likeness (QED) is 0.694. The Morgan fingerprint density at radius 3 is 2.65 bits per heavy atom. The average molecular weight is 361 g/mol. The predicted molar refractivity (Wildman–Crippen MR) is 86.4 cm³/mol.